The second kappa shape index (κ2) is 13.8. The maximum absolute atomic E-state index is 14.0. The zero-order chi connectivity index (χ0) is 29.6. The summed E-state index contributed by atoms with van der Waals surface area (Å²) < 4.78 is 7.87. The SMILES string of the molecule is O=C1N[C@H](Cc2cn(CCN3CCCCC3)nn2)C(=O)N2CC[C@@H](CC(=O)N3CCCC3)[C@@H](CCOc3ncccc31)C2. The van der Waals surface area contributed by atoms with E-state index in [2.05, 4.69) is 25.5 Å². The van der Waals surface area contributed by atoms with E-state index in [4.69, 9.17) is 4.74 Å². The van der Waals surface area contributed by atoms with Crippen LogP contribution in [0.4, 0.5) is 0 Å². The van der Waals surface area contributed by atoms with Gasteiger partial charge >= 0.3 is 0 Å². The number of rotatable bonds is 7. The molecule has 2 bridgehead atoms. The molecule has 6 heterocycles. The molecule has 232 valence electrons. The highest BCUT2D eigenvalue weighted by molar-refractivity contribution is 5.99. The van der Waals surface area contributed by atoms with Gasteiger partial charge in [0.1, 0.15) is 11.6 Å². The number of piperidine rings is 2. The van der Waals surface area contributed by atoms with E-state index < -0.39 is 11.9 Å². The van der Waals surface area contributed by atoms with Gasteiger partial charge in [-0.05, 0) is 75.6 Å². The van der Waals surface area contributed by atoms with Crippen molar-refractivity contribution in [2.24, 2.45) is 11.8 Å². The molecule has 0 saturated carbocycles. The largest absolute Gasteiger partial charge is 0.477 e. The number of fused-ring (bicyclic) bond motifs is 3. The van der Waals surface area contributed by atoms with Gasteiger partial charge < -0.3 is 24.8 Å². The molecule has 0 aliphatic carbocycles. The van der Waals surface area contributed by atoms with E-state index in [1.807, 2.05) is 20.7 Å². The van der Waals surface area contributed by atoms with Gasteiger partial charge in [-0.3, -0.25) is 19.1 Å². The molecule has 1 N–H and O–H groups in total. The molecule has 4 aliphatic heterocycles. The van der Waals surface area contributed by atoms with Crippen molar-refractivity contribution >= 4 is 17.7 Å². The predicted octanol–water partition coefficient (Wildman–Crippen LogP) is 1.76. The molecular weight excluding hydrogens is 548 g/mol. The number of amides is 3. The van der Waals surface area contributed by atoms with Gasteiger partial charge in [0, 0.05) is 58.0 Å². The second-order valence-electron chi connectivity index (χ2n) is 12.5. The van der Waals surface area contributed by atoms with E-state index in [1.165, 1.54) is 19.3 Å². The quantitative estimate of drug-likeness (QED) is 0.516. The van der Waals surface area contributed by atoms with Crippen LogP contribution in [0.1, 0.15) is 67.4 Å². The summed E-state index contributed by atoms with van der Waals surface area (Å²) in [6, 6.07) is 2.55. The van der Waals surface area contributed by atoms with Crippen molar-refractivity contribution in [1.82, 2.24) is 40.0 Å². The fourth-order valence-electron chi connectivity index (χ4n) is 7.02. The first kappa shape index (κ1) is 29.5. The molecule has 3 saturated heterocycles. The molecule has 2 aromatic rings. The first-order valence-electron chi connectivity index (χ1n) is 16.1. The zero-order valence-electron chi connectivity index (χ0n) is 25.0. The molecule has 0 spiro atoms. The van der Waals surface area contributed by atoms with Gasteiger partial charge in [-0.15, -0.1) is 5.10 Å². The van der Waals surface area contributed by atoms with Crippen LogP contribution in [-0.4, -0.2) is 111 Å². The number of aromatic nitrogens is 4. The standard InChI is InChI=1S/C31H44N8O4/c40-28(37-13-4-5-14-37)19-23-8-15-38-21-24(23)9-18-43-30-26(7-6-10-32-30)29(41)33-27(31(38)42)20-25-22-39(35-34-25)17-16-36-11-2-1-3-12-36/h6-7,10,22-24,27H,1-5,8-9,11-21H2,(H,33,41)/t23-,24-,27+/m0/s1. The fourth-order valence-corrected chi connectivity index (χ4v) is 7.02. The number of carbonyl (C=O) groups is 3. The number of carbonyl (C=O) groups excluding carboxylic acids is 3. The fraction of sp³-hybridized carbons (Fsp3) is 0.677. The number of hydrogen-bond acceptors (Lipinski definition) is 8. The summed E-state index contributed by atoms with van der Waals surface area (Å²) in [4.78, 5) is 51.1. The summed E-state index contributed by atoms with van der Waals surface area (Å²) in [6.45, 7) is 7.03. The Morgan fingerprint density at radius 1 is 1.00 bits per heavy atom. The third-order valence-electron chi connectivity index (χ3n) is 9.54. The molecular formula is C31H44N8O4. The van der Waals surface area contributed by atoms with Gasteiger partial charge in [0.2, 0.25) is 17.7 Å². The topological polar surface area (TPSA) is 126 Å². The van der Waals surface area contributed by atoms with Crippen LogP contribution in [0.5, 0.6) is 5.88 Å². The lowest BCUT2D eigenvalue weighted by atomic mass is 9.80. The smallest absolute Gasteiger partial charge is 0.257 e. The highest BCUT2D eigenvalue weighted by Gasteiger charge is 2.37. The van der Waals surface area contributed by atoms with E-state index in [-0.39, 0.29) is 36.0 Å². The Kier molecular flexibility index (Phi) is 9.50. The lowest BCUT2D eigenvalue weighted by molar-refractivity contribution is -0.137. The van der Waals surface area contributed by atoms with Crippen LogP contribution in [0.15, 0.2) is 24.5 Å². The summed E-state index contributed by atoms with van der Waals surface area (Å²) in [6.07, 6.45) is 11.6. The van der Waals surface area contributed by atoms with E-state index in [1.54, 1.807) is 18.3 Å². The van der Waals surface area contributed by atoms with Crippen LogP contribution < -0.4 is 10.1 Å². The summed E-state index contributed by atoms with van der Waals surface area (Å²) in [7, 11) is 0. The molecule has 4 aliphatic rings. The lowest BCUT2D eigenvalue weighted by Gasteiger charge is -2.40. The lowest BCUT2D eigenvalue weighted by Crippen LogP contribution is -2.54. The minimum atomic E-state index is -0.810. The van der Waals surface area contributed by atoms with Crippen molar-refractivity contribution in [1.29, 1.82) is 0 Å². The predicted molar refractivity (Wildman–Crippen MR) is 158 cm³/mol. The van der Waals surface area contributed by atoms with E-state index in [0.29, 0.717) is 43.8 Å². The van der Waals surface area contributed by atoms with Crippen LogP contribution in [0.25, 0.3) is 0 Å². The van der Waals surface area contributed by atoms with Crippen molar-refractivity contribution in [3.8, 4) is 5.88 Å². The van der Waals surface area contributed by atoms with Gasteiger partial charge in [-0.2, -0.15) is 0 Å². The van der Waals surface area contributed by atoms with Crippen molar-refractivity contribution in [2.45, 2.75) is 70.4 Å². The van der Waals surface area contributed by atoms with Crippen LogP contribution in [0, 0.1) is 11.8 Å². The van der Waals surface area contributed by atoms with E-state index >= 15 is 0 Å². The molecule has 3 amide bonds. The van der Waals surface area contributed by atoms with Gasteiger partial charge in [0.25, 0.3) is 5.91 Å². The molecule has 6 rings (SSSR count). The summed E-state index contributed by atoms with van der Waals surface area (Å²) >= 11 is 0. The Morgan fingerprint density at radius 3 is 2.65 bits per heavy atom. The Bertz CT molecular complexity index is 1270. The number of pyridine rings is 1. The Hall–Kier alpha value is -3.54. The maximum Gasteiger partial charge on any atom is 0.257 e. The van der Waals surface area contributed by atoms with Crippen molar-refractivity contribution in [2.75, 3.05) is 52.4 Å². The molecule has 0 radical (unpaired) electrons. The van der Waals surface area contributed by atoms with Crippen LogP contribution >= 0.6 is 0 Å². The molecule has 3 fully saturated rings. The molecule has 2 aromatic heterocycles. The summed E-state index contributed by atoms with van der Waals surface area (Å²) in [5.74, 6) is 0.241. The zero-order valence-corrected chi connectivity index (χ0v) is 25.0. The molecule has 43 heavy (non-hydrogen) atoms. The third kappa shape index (κ3) is 7.34. The summed E-state index contributed by atoms with van der Waals surface area (Å²) in [5.41, 5.74) is 0.960. The van der Waals surface area contributed by atoms with Crippen LogP contribution in [0.2, 0.25) is 0 Å². The normalized spacial score (nSPS) is 25.3. The molecule has 0 aromatic carbocycles. The van der Waals surface area contributed by atoms with Crippen molar-refractivity contribution in [3.63, 3.8) is 0 Å². The molecule has 12 heteroatoms. The number of nitrogens with one attached hydrogen (secondary N) is 1. The highest BCUT2D eigenvalue weighted by Crippen LogP contribution is 2.31. The molecule has 12 nitrogen and oxygen atoms in total. The number of ether oxygens (including phenoxy) is 1. The minimum absolute atomic E-state index is 0.114. The van der Waals surface area contributed by atoms with E-state index in [0.717, 1.165) is 58.5 Å². The van der Waals surface area contributed by atoms with Gasteiger partial charge in [0.05, 0.1) is 18.8 Å². The van der Waals surface area contributed by atoms with Gasteiger partial charge in [0.15, 0.2) is 0 Å². The van der Waals surface area contributed by atoms with Crippen LogP contribution in [0.3, 0.4) is 0 Å². The van der Waals surface area contributed by atoms with Crippen molar-refractivity contribution in [3.05, 3.63) is 35.8 Å². The number of nitrogens with zero attached hydrogens (tertiary/aromatic N) is 7. The first-order valence-corrected chi connectivity index (χ1v) is 16.1. The van der Waals surface area contributed by atoms with Crippen molar-refractivity contribution < 1.29 is 19.1 Å². The van der Waals surface area contributed by atoms with Gasteiger partial charge in [-0.25, -0.2) is 4.98 Å². The Balaban J connectivity index is 1.18. The van der Waals surface area contributed by atoms with Gasteiger partial charge in [-0.1, -0.05) is 11.6 Å². The Labute approximate surface area is 253 Å². The highest BCUT2D eigenvalue weighted by atomic mass is 16.5. The monoisotopic (exact) mass is 592 g/mol. The molecule has 0 unspecified atom stereocenters. The summed E-state index contributed by atoms with van der Waals surface area (Å²) in [5, 5.41) is 11.7. The maximum atomic E-state index is 14.0. The average Bonchev–Trinajstić information content (AvgIpc) is 3.73. The number of likely N-dealkylation sites (tertiary alicyclic amines) is 2. The first-order chi connectivity index (χ1) is 21.0. The Morgan fingerprint density at radius 2 is 1.81 bits per heavy atom. The minimum Gasteiger partial charge on any atom is -0.477 e. The number of hydrogen-bond donors (Lipinski definition) is 1. The third-order valence-corrected chi connectivity index (χ3v) is 9.54. The molecule has 3 atom stereocenters. The van der Waals surface area contributed by atoms with E-state index in [9.17, 15) is 14.4 Å². The average molecular weight is 593 g/mol. The van der Waals surface area contributed by atoms with Crippen LogP contribution in [-0.2, 0) is 22.6 Å². The second-order valence-corrected chi connectivity index (χ2v) is 12.5.